The molecular weight excluding hydrogens is 130 g/mol. The molecule has 0 saturated carbocycles. The fraction of sp³-hybridized carbons (Fsp3) is 1.00. The lowest BCUT2D eigenvalue weighted by Crippen LogP contribution is -2.27. The van der Waals surface area contributed by atoms with E-state index in [0.717, 1.165) is 0 Å². The van der Waals surface area contributed by atoms with Crippen LogP contribution in [0.1, 0.15) is 27.7 Å². The molecule has 0 spiro atoms. The van der Waals surface area contributed by atoms with Crippen LogP contribution in [0.15, 0.2) is 0 Å². The summed E-state index contributed by atoms with van der Waals surface area (Å²) in [6.45, 7) is 8.63. The Kier molecular flexibility index (Phi) is 4.32. The smallest absolute Gasteiger partial charge is 0.0170 e. The Hall–Kier alpha value is 0.310. The van der Waals surface area contributed by atoms with E-state index in [1.807, 2.05) is 11.8 Å². The fourth-order valence-electron chi connectivity index (χ4n) is 0.553. The van der Waals surface area contributed by atoms with Gasteiger partial charge in [0.15, 0.2) is 0 Å². The maximum absolute atomic E-state index is 5.66. The van der Waals surface area contributed by atoms with Gasteiger partial charge in [-0.15, -0.1) is 0 Å². The summed E-state index contributed by atoms with van der Waals surface area (Å²) in [5.74, 6) is 0. The molecule has 0 aromatic heterocycles. The molecule has 9 heavy (non-hydrogen) atoms. The highest BCUT2D eigenvalue weighted by Gasteiger charge is 2.08. The van der Waals surface area contributed by atoms with Crippen LogP contribution in [0, 0.1) is 0 Å². The molecule has 0 radical (unpaired) electrons. The Balaban J connectivity index is 3.38. The van der Waals surface area contributed by atoms with Crippen molar-refractivity contribution in [1.29, 1.82) is 0 Å². The van der Waals surface area contributed by atoms with Gasteiger partial charge in [0.25, 0.3) is 0 Å². The van der Waals surface area contributed by atoms with Crippen molar-refractivity contribution in [3.05, 3.63) is 0 Å². The van der Waals surface area contributed by atoms with Crippen LogP contribution in [0.4, 0.5) is 0 Å². The van der Waals surface area contributed by atoms with Crippen LogP contribution >= 0.6 is 11.8 Å². The van der Waals surface area contributed by atoms with Crippen LogP contribution in [-0.4, -0.2) is 16.5 Å². The number of thioether (sulfide) groups is 1. The average molecular weight is 147 g/mol. The number of nitrogens with two attached hydrogens (primary N) is 1. The molecular formula is C7H17NS. The van der Waals surface area contributed by atoms with Gasteiger partial charge in [0.1, 0.15) is 0 Å². The van der Waals surface area contributed by atoms with E-state index in [4.69, 9.17) is 5.73 Å². The Morgan fingerprint density at radius 3 is 1.67 bits per heavy atom. The number of rotatable bonds is 3. The van der Waals surface area contributed by atoms with Crippen LogP contribution in [0.3, 0.4) is 0 Å². The molecule has 0 fully saturated rings. The van der Waals surface area contributed by atoms with Crippen molar-refractivity contribution < 1.29 is 0 Å². The summed E-state index contributed by atoms with van der Waals surface area (Å²) in [5, 5.41) is 1.29. The van der Waals surface area contributed by atoms with Gasteiger partial charge in [-0.2, -0.15) is 11.8 Å². The summed E-state index contributed by atoms with van der Waals surface area (Å²) in [6.07, 6.45) is 0. The van der Waals surface area contributed by atoms with Crippen molar-refractivity contribution in [2.75, 3.05) is 0 Å². The van der Waals surface area contributed by atoms with Crippen molar-refractivity contribution in [2.45, 2.75) is 44.2 Å². The van der Waals surface area contributed by atoms with Crippen LogP contribution in [0.25, 0.3) is 0 Å². The Bertz CT molecular complexity index is 71.3. The van der Waals surface area contributed by atoms with Crippen molar-refractivity contribution in [3.8, 4) is 0 Å². The highest BCUT2D eigenvalue weighted by molar-refractivity contribution is 8.00. The predicted octanol–water partition coefficient (Wildman–Crippen LogP) is 1.86. The Morgan fingerprint density at radius 1 is 1.11 bits per heavy atom. The lowest BCUT2D eigenvalue weighted by Gasteiger charge is -2.16. The number of hydrogen-bond acceptors (Lipinski definition) is 2. The highest BCUT2D eigenvalue weighted by Crippen LogP contribution is 2.18. The minimum absolute atomic E-state index is 0.317. The molecule has 0 aliphatic carbocycles. The summed E-state index contributed by atoms with van der Waals surface area (Å²) < 4.78 is 0. The van der Waals surface area contributed by atoms with Gasteiger partial charge in [0.05, 0.1) is 0 Å². The molecule has 0 aromatic carbocycles. The van der Waals surface area contributed by atoms with E-state index >= 15 is 0 Å². The molecule has 0 heterocycles. The molecule has 0 aromatic rings. The zero-order valence-corrected chi connectivity index (χ0v) is 7.53. The molecule has 2 unspecified atom stereocenters. The van der Waals surface area contributed by atoms with E-state index in [1.165, 1.54) is 0 Å². The monoisotopic (exact) mass is 147 g/mol. The largest absolute Gasteiger partial charge is 0.327 e. The maximum Gasteiger partial charge on any atom is 0.0170 e. The van der Waals surface area contributed by atoms with Crippen LogP contribution in [-0.2, 0) is 0 Å². The summed E-state index contributed by atoms with van der Waals surface area (Å²) in [7, 11) is 0. The predicted molar refractivity (Wildman–Crippen MR) is 45.8 cm³/mol. The SMILES string of the molecule is CC(C)SC(C)C(C)N. The van der Waals surface area contributed by atoms with E-state index in [1.54, 1.807) is 0 Å². The first-order valence-corrected chi connectivity index (χ1v) is 4.39. The van der Waals surface area contributed by atoms with E-state index in [0.29, 0.717) is 16.5 Å². The van der Waals surface area contributed by atoms with Gasteiger partial charge in [-0.25, -0.2) is 0 Å². The Morgan fingerprint density at radius 2 is 1.56 bits per heavy atom. The molecule has 0 amide bonds. The zero-order chi connectivity index (χ0) is 7.44. The third-order valence-electron chi connectivity index (χ3n) is 1.23. The van der Waals surface area contributed by atoms with Crippen molar-refractivity contribution >= 4 is 11.8 Å². The molecule has 0 saturated heterocycles. The molecule has 2 atom stereocenters. The van der Waals surface area contributed by atoms with Crippen LogP contribution < -0.4 is 5.73 Å². The standard InChI is InChI=1S/C7H17NS/c1-5(2)9-7(4)6(3)8/h5-7H,8H2,1-4H3. The second-order valence-electron chi connectivity index (χ2n) is 2.75. The highest BCUT2D eigenvalue weighted by atomic mass is 32.2. The lowest BCUT2D eigenvalue weighted by atomic mass is 10.3. The third kappa shape index (κ3) is 4.79. The number of hydrogen-bond donors (Lipinski definition) is 1. The topological polar surface area (TPSA) is 26.0 Å². The molecule has 0 aliphatic heterocycles. The van der Waals surface area contributed by atoms with Gasteiger partial charge in [-0.1, -0.05) is 20.8 Å². The van der Waals surface area contributed by atoms with E-state index in [9.17, 15) is 0 Å². The van der Waals surface area contributed by atoms with Crippen LogP contribution in [0.5, 0.6) is 0 Å². The van der Waals surface area contributed by atoms with Gasteiger partial charge in [0.2, 0.25) is 0 Å². The fourth-order valence-corrected chi connectivity index (χ4v) is 1.66. The zero-order valence-electron chi connectivity index (χ0n) is 6.72. The molecule has 1 nitrogen and oxygen atoms in total. The van der Waals surface area contributed by atoms with Gasteiger partial charge in [-0.05, 0) is 12.2 Å². The van der Waals surface area contributed by atoms with Crippen molar-refractivity contribution in [3.63, 3.8) is 0 Å². The third-order valence-corrected chi connectivity index (χ3v) is 2.63. The lowest BCUT2D eigenvalue weighted by molar-refractivity contribution is 0.728. The van der Waals surface area contributed by atoms with Crippen LogP contribution in [0.2, 0.25) is 0 Å². The molecule has 0 rings (SSSR count). The van der Waals surface area contributed by atoms with Gasteiger partial charge in [0, 0.05) is 11.3 Å². The minimum Gasteiger partial charge on any atom is -0.327 e. The van der Waals surface area contributed by atoms with Gasteiger partial charge in [-0.3, -0.25) is 0 Å². The quantitative estimate of drug-likeness (QED) is 0.659. The molecule has 0 bridgehead atoms. The average Bonchev–Trinajstić information content (AvgIpc) is 1.63. The minimum atomic E-state index is 0.317. The maximum atomic E-state index is 5.66. The summed E-state index contributed by atoms with van der Waals surface area (Å²) in [6, 6.07) is 0.317. The van der Waals surface area contributed by atoms with Crippen molar-refractivity contribution in [2.24, 2.45) is 5.73 Å². The second-order valence-corrected chi connectivity index (χ2v) is 4.71. The van der Waals surface area contributed by atoms with E-state index < -0.39 is 0 Å². The summed E-state index contributed by atoms with van der Waals surface area (Å²) in [4.78, 5) is 0. The first kappa shape index (κ1) is 9.31. The Labute approximate surface area is 62.4 Å². The first-order valence-electron chi connectivity index (χ1n) is 3.45. The molecule has 2 heteroatoms. The molecule has 0 aliphatic rings. The second kappa shape index (κ2) is 4.18. The van der Waals surface area contributed by atoms with E-state index in [2.05, 4.69) is 27.7 Å². The summed E-state index contributed by atoms with van der Waals surface area (Å²) >= 11 is 1.94. The van der Waals surface area contributed by atoms with Crippen molar-refractivity contribution in [1.82, 2.24) is 0 Å². The summed E-state index contributed by atoms with van der Waals surface area (Å²) in [5.41, 5.74) is 5.66. The first-order chi connectivity index (χ1) is 4.04. The molecule has 2 N–H and O–H groups in total. The molecule has 56 valence electrons. The van der Waals surface area contributed by atoms with Gasteiger partial charge < -0.3 is 5.73 Å². The van der Waals surface area contributed by atoms with Gasteiger partial charge >= 0.3 is 0 Å². The normalized spacial score (nSPS) is 18.0. The van der Waals surface area contributed by atoms with E-state index in [-0.39, 0.29) is 0 Å².